The van der Waals surface area contributed by atoms with E-state index in [1.807, 2.05) is 11.3 Å². The highest BCUT2D eigenvalue weighted by atomic mass is 35.5. The molecule has 0 aliphatic carbocycles. The minimum atomic E-state index is 0.255. The van der Waals surface area contributed by atoms with E-state index in [2.05, 4.69) is 38.2 Å². The van der Waals surface area contributed by atoms with Gasteiger partial charge in [-0.25, -0.2) is 0 Å². The third-order valence-electron chi connectivity index (χ3n) is 2.46. The Morgan fingerprint density at radius 1 is 1.31 bits per heavy atom. The lowest BCUT2D eigenvalue weighted by Gasteiger charge is -2.12. The van der Waals surface area contributed by atoms with Crippen molar-refractivity contribution in [3.05, 3.63) is 21.9 Å². The summed E-state index contributed by atoms with van der Waals surface area (Å²) in [5.41, 5.74) is 0. The van der Waals surface area contributed by atoms with Crippen molar-refractivity contribution < 1.29 is 0 Å². The fourth-order valence-corrected chi connectivity index (χ4v) is 3.05. The zero-order chi connectivity index (χ0) is 12.0. The average Bonchev–Trinajstić information content (AvgIpc) is 2.64. The molecule has 0 aromatic carbocycles. The molecule has 0 spiro atoms. The molecule has 0 fully saturated rings. The smallest absolute Gasteiger partial charge is 0.0463 e. The highest BCUT2D eigenvalue weighted by Crippen LogP contribution is 2.16. The standard InChI is InChI=1S/C13H22ClNS/c1-4-12-5-6-13(16-12)9-15-8-11(14)7-10(2)3/h5-6,10-11,15H,4,7-9H2,1-3H3. The average molecular weight is 260 g/mol. The highest BCUT2D eigenvalue weighted by Gasteiger charge is 2.06. The van der Waals surface area contributed by atoms with Crippen LogP contribution < -0.4 is 5.32 Å². The van der Waals surface area contributed by atoms with Crippen molar-refractivity contribution in [3.8, 4) is 0 Å². The van der Waals surface area contributed by atoms with Crippen molar-refractivity contribution >= 4 is 22.9 Å². The maximum Gasteiger partial charge on any atom is 0.0463 e. The largest absolute Gasteiger partial charge is 0.310 e. The molecule has 1 N–H and O–H groups in total. The minimum Gasteiger partial charge on any atom is -0.310 e. The van der Waals surface area contributed by atoms with Crippen LogP contribution in [0.15, 0.2) is 12.1 Å². The van der Waals surface area contributed by atoms with Crippen molar-refractivity contribution in [1.29, 1.82) is 0 Å². The number of hydrogen-bond donors (Lipinski definition) is 1. The van der Waals surface area contributed by atoms with Crippen LogP contribution in [0, 0.1) is 5.92 Å². The Hall–Kier alpha value is -0.0500. The van der Waals surface area contributed by atoms with E-state index in [-0.39, 0.29) is 5.38 Å². The van der Waals surface area contributed by atoms with Gasteiger partial charge >= 0.3 is 0 Å². The van der Waals surface area contributed by atoms with Gasteiger partial charge in [-0.1, -0.05) is 20.8 Å². The van der Waals surface area contributed by atoms with Crippen LogP contribution in [0.25, 0.3) is 0 Å². The maximum absolute atomic E-state index is 6.22. The van der Waals surface area contributed by atoms with Crippen LogP contribution in [0.4, 0.5) is 0 Å². The summed E-state index contributed by atoms with van der Waals surface area (Å²) in [7, 11) is 0. The second kappa shape index (κ2) is 7.31. The lowest BCUT2D eigenvalue weighted by Crippen LogP contribution is -2.23. The van der Waals surface area contributed by atoms with Gasteiger partial charge in [0.1, 0.15) is 0 Å². The van der Waals surface area contributed by atoms with Crippen molar-refractivity contribution in [2.24, 2.45) is 5.92 Å². The van der Waals surface area contributed by atoms with E-state index in [0.717, 1.165) is 25.9 Å². The molecule has 0 saturated carbocycles. The van der Waals surface area contributed by atoms with E-state index in [1.165, 1.54) is 9.75 Å². The number of rotatable bonds is 7. The molecule has 0 aliphatic rings. The Labute approximate surface area is 108 Å². The van der Waals surface area contributed by atoms with Gasteiger partial charge in [0, 0.05) is 28.2 Å². The van der Waals surface area contributed by atoms with E-state index >= 15 is 0 Å². The first kappa shape index (κ1) is 14.0. The Balaban J connectivity index is 2.19. The number of alkyl halides is 1. The normalized spacial score (nSPS) is 13.3. The molecule has 0 bridgehead atoms. The second-order valence-electron chi connectivity index (χ2n) is 4.58. The number of aryl methyl sites for hydroxylation is 1. The van der Waals surface area contributed by atoms with Crippen LogP contribution in [0.1, 0.15) is 36.9 Å². The summed E-state index contributed by atoms with van der Waals surface area (Å²) in [6, 6.07) is 4.43. The molecule has 0 radical (unpaired) electrons. The van der Waals surface area contributed by atoms with Gasteiger partial charge in [-0.2, -0.15) is 0 Å². The van der Waals surface area contributed by atoms with Gasteiger partial charge in [-0.05, 0) is 30.9 Å². The Morgan fingerprint density at radius 3 is 2.56 bits per heavy atom. The molecule has 0 saturated heterocycles. The highest BCUT2D eigenvalue weighted by molar-refractivity contribution is 7.11. The van der Waals surface area contributed by atoms with Crippen LogP contribution in [-0.4, -0.2) is 11.9 Å². The van der Waals surface area contributed by atoms with E-state index in [4.69, 9.17) is 11.6 Å². The molecule has 92 valence electrons. The maximum atomic E-state index is 6.22. The molecule has 1 atom stereocenters. The fraction of sp³-hybridized carbons (Fsp3) is 0.692. The SMILES string of the molecule is CCc1ccc(CNCC(Cl)CC(C)C)s1. The molecular formula is C13H22ClNS. The van der Waals surface area contributed by atoms with Gasteiger partial charge < -0.3 is 5.32 Å². The number of halogens is 1. The molecule has 16 heavy (non-hydrogen) atoms. The van der Waals surface area contributed by atoms with Crippen molar-refractivity contribution in [2.45, 2.75) is 45.5 Å². The molecule has 3 heteroatoms. The lowest BCUT2D eigenvalue weighted by atomic mass is 10.1. The molecule has 1 aromatic rings. The molecule has 1 aromatic heterocycles. The first-order chi connectivity index (χ1) is 7.61. The summed E-state index contributed by atoms with van der Waals surface area (Å²) >= 11 is 8.11. The third-order valence-corrected chi connectivity index (χ3v) is 4.02. The van der Waals surface area contributed by atoms with Gasteiger partial charge in [-0.3, -0.25) is 0 Å². The summed E-state index contributed by atoms with van der Waals surface area (Å²) in [5.74, 6) is 0.678. The molecule has 1 nitrogen and oxygen atoms in total. The fourth-order valence-electron chi connectivity index (χ4n) is 1.65. The van der Waals surface area contributed by atoms with E-state index in [9.17, 15) is 0 Å². The van der Waals surface area contributed by atoms with Crippen LogP contribution in [0.5, 0.6) is 0 Å². The number of hydrogen-bond acceptors (Lipinski definition) is 2. The Bertz CT molecular complexity index is 296. The summed E-state index contributed by atoms with van der Waals surface area (Å²) in [4.78, 5) is 2.87. The topological polar surface area (TPSA) is 12.0 Å². The van der Waals surface area contributed by atoms with Crippen LogP contribution in [-0.2, 0) is 13.0 Å². The van der Waals surface area contributed by atoms with Gasteiger partial charge in [-0.15, -0.1) is 22.9 Å². The quantitative estimate of drug-likeness (QED) is 0.729. The Kier molecular flexibility index (Phi) is 6.40. The number of thiophene rings is 1. The predicted molar refractivity (Wildman–Crippen MR) is 74.5 cm³/mol. The summed E-state index contributed by atoms with van der Waals surface area (Å²) < 4.78 is 0. The molecule has 1 heterocycles. The monoisotopic (exact) mass is 259 g/mol. The van der Waals surface area contributed by atoms with Gasteiger partial charge in [0.05, 0.1) is 0 Å². The zero-order valence-electron chi connectivity index (χ0n) is 10.4. The van der Waals surface area contributed by atoms with E-state index < -0.39 is 0 Å². The van der Waals surface area contributed by atoms with Crippen molar-refractivity contribution in [3.63, 3.8) is 0 Å². The minimum absolute atomic E-state index is 0.255. The van der Waals surface area contributed by atoms with Gasteiger partial charge in [0.2, 0.25) is 0 Å². The van der Waals surface area contributed by atoms with E-state index in [1.54, 1.807) is 0 Å². The first-order valence-electron chi connectivity index (χ1n) is 6.04. The summed E-state index contributed by atoms with van der Waals surface area (Å²) in [6.07, 6.45) is 2.22. The van der Waals surface area contributed by atoms with E-state index in [0.29, 0.717) is 5.92 Å². The molecule has 0 amide bonds. The predicted octanol–water partition coefficient (Wildman–Crippen LogP) is 4.05. The van der Waals surface area contributed by atoms with Crippen molar-refractivity contribution in [1.82, 2.24) is 5.32 Å². The summed E-state index contributed by atoms with van der Waals surface area (Å²) in [5, 5.41) is 3.68. The van der Waals surface area contributed by atoms with Gasteiger partial charge in [0.25, 0.3) is 0 Å². The molecule has 1 rings (SSSR count). The first-order valence-corrected chi connectivity index (χ1v) is 7.29. The number of nitrogens with one attached hydrogen (secondary N) is 1. The summed E-state index contributed by atoms with van der Waals surface area (Å²) in [6.45, 7) is 8.47. The molecule has 1 unspecified atom stereocenters. The second-order valence-corrected chi connectivity index (χ2v) is 6.45. The lowest BCUT2D eigenvalue weighted by molar-refractivity contribution is 0.534. The van der Waals surface area contributed by atoms with Gasteiger partial charge in [0.15, 0.2) is 0 Å². The molecule has 0 aliphatic heterocycles. The van der Waals surface area contributed by atoms with Crippen molar-refractivity contribution in [2.75, 3.05) is 6.54 Å². The van der Waals surface area contributed by atoms with Crippen LogP contribution in [0.3, 0.4) is 0 Å². The Morgan fingerprint density at radius 2 is 2.00 bits per heavy atom. The van der Waals surface area contributed by atoms with Crippen LogP contribution >= 0.6 is 22.9 Å². The zero-order valence-corrected chi connectivity index (χ0v) is 12.0. The molecular weight excluding hydrogens is 238 g/mol. The van der Waals surface area contributed by atoms with Crippen LogP contribution in [0.2, 0.25) is 0 Å². The third kappa shape index (κ3) is 5.33.